The molecule has 46 heavy (non-hydrogen) atoms. The van der Waals surface area contributed by atoms with Crippen molar-refractivity contribution < 1.29 is 18.0 Å². The largest absolute Gasteiger partial charge is 0.484 e. The lowest BCUT2D eigenvalue weighted by Gasteiger charge is -2.14. The van der Waals surface area contributed by atoms with Crippen LogP contribution in [0.15, 0.2) is 147 Å². The lowest BCUT2D eigenvalue weighted by atomic mass is 9.88. The summed E-state index contributed by atoms with van der Waals surface area (Å²) < 4.78 is 26.3. The van der Waals surface area contributed by atoms with Gasteiger partial charge in [0.2, 0.25) is 0 Å². The number of para-hydroxylation sites is 3. The van der Waals surface area contributed by atoms with E-state index in [1.165, 1.54) is 5.56 Å². The van der Waals surface area contributed by atoms with Gasteiger partial charge in [-0.2, -0.15) is 0 Å². The Bertz CT molecular complexity index is 2700. The Hall–Kier alpha value is -6.00. The molecule has 0 amide bonds. The molecule has 6 aromatic carbocycles. The summed E-state index contributed by atoms with van der Waals surface area (Å²) in [6.07, 6.45) is 8.54. The van der Waals surface area contributed by atoms with Crippen LogP contribution in [-0.4, -0.2) is 6.10 Å². The molecule has 3 aromatic heterocycles. The van der Waals surface area contributed by atoms with Crippen molar-refractivity contribution in [3.63, 3.8) is 0 Å². The van der Waals surface area contributed by atoms with Gasteiger partial charge in [-0.3, -0.25) is 0 Å². The topological polar surface area (TPSA) is 48.7 Å². The second kappa shape index (κ2) is 8.80. The highest BCUT2D eigenvalue weighted by Crippen LogP contribution is 2.52. The molecule has 0 saturated carbocycles. The Morgan fingerprint density at radius 1 is 0.435 bits per heavy atom. The number of hydrogen-bond acceptors (Lipinski definition) is 4. The van der Waals surface area contributed by atoms with Crippen LogP contribution < -0.4 is 4.74 Å². The summed E-state index contributed by atoms with van der Waals surface area (Å²) >= 11 is 0. The molecule has 11 rings (SSSR count). The van der Waals surface area contributed by atoms with Gasteiger partial charge >= 0.3 is 0 Å². The molecule has 4 nitrogen and oxygen atoms in total. The normalized spacial score (nSPS) is 17.1. The lowest BCUT2D eigenvalue weighted by molar-refractivity contribution is 0.270. The molecule has 2 unspecified atom stereocenters. The first-order valence-electron chi connectivity index (χ1n) is 15.7. The molecule has 0 bridgehead atoms. The number of ether oxygens (including phenoxy) is 1. The molecule has 9 aromatic rings. The third-order valence-electron chi connectivity index (χ3n) is 9.82. The first kappa shape index (κ1) is 24.3. The maximum Gasteiger partial charge on any atom is 0.147 e. The molecular formula is C42H24O4. The number of allylic oxidation sites excluding steroid dienone is 2. The van der Waals surface area contributed by atoms with Gasteiger partial charge in [-0.05, 0) is 47.5 Å². The number of hydrogen-bond donors (Lipinski definition) is 0. The SMILES string of the molecule is C1=CC2Oc3c(cc4c(oc5ccccc54)c3-c3ccc(-c4c5oc6ccccc6c5cc5c4oc4ccccc45)cc3)C2C=C1. The zero-order valence-electron chi connectivity index (χ0n) is 24.5. The highest BCUT2D eigenvalue weighted by Gasteiger charge is 2.36. The summed E-state index contributed by atoms with van der Waals surface area (Å²) in [6.45, 7) is 0. The molecule has 0 N–H and O–H groups in total. The molecule has 4 heteroatoms. The molecule has 216 valence electrons. The van der Waals surface area contributed by atoms with E-state index >= 15 is 0 Å². The molecule has 0 fully saturated rings. The summed E-state index contributed by atoms with van der Waals surface area (Å²) in [6, 6.07) is 37.9. The molecule has 0 radical (unpaired) electrons. The molecular weight excluding hydrogens is 568 g/mol. The van der Waals surface area contributed by atoms with Crippen molar-refractivity contribution >= 4 is 65.8 Å². The smallest absolute Gasteiger partial charge is 0.147 e. The van der Waals surface area contributed by atoms with E-state index in [1.54, 1.807) is 0 Å². The summed E-state index contributed by atoms with van der Waals surface area (Å²) in [4.78, 5) is 0. The van der Waals surface area contributed by atoms with E-state index in [9.17, 15) is 0 Å². The minimum atomic E-state index is -0.0251. The van der Waals surface area contributed by atoms with E-state index < -0.39 is 0 Å². The fourth-order valence-electron chi connectivity index (χ4n) is 7.72. The maximum absolute atomic E-state index is 6.67. The van der Waals surface area contributed by atoms with Crippen LogP contribution in [0.25, 0.3) is 88.1 Å². The van der Waals surface area contributed by atoms with Gasteiger partial charge in [-0.15, -0.1) is 0 Å². The lowest BCUT2D eigenvalue weighted by Crippen LogP contribution is -2.15. The Labute approximate surface area is 262 Å². The van der Waals surface area contributed by atoms with Crippen molar-refractivity contribution in [2.75, 3.05) is 0 Å². The van der Waals surface area contributed by atoms with E-state index in [1.807, 2.05) is 36.4 Å². The molecule has 1 aliphatic heterocycles. The van der Waals surface area contributed by atoms with Crippen LogP contribution in [0.3, 0.4) is 0 Å². The van der Waals surface area contributed by atoms with Gasteiger partial charge in [-0.25, -0.2) is 0 Å². The quantitative estimate of drug-likeness (QED) is 0.200. The fourth-order valence-corrected chi connectivity index (χ4v) is 7.72. The van der Waals surface area contributed by atoms with Crippen molar-refractivity contribution in [2.45, 2.75) is 12.0 Å². The number of benzene rings is 6. The Kier molecular flexibility index (Phi) is 4.66. The second-order valence-corrected chi connectivity index (χ2v) is 12.3. The van der Waals surface area contributed by atoms with Crippen LogP contribution in [0, 0.1) is 0 Å². The van der Waals surface area contributed by atoms with Crippen LogP contribution in [0.1, 0.15) is 11.5 Å². The third-order valence-corrected chi connectivity index (χ3v) is 9.82. The number of rotatable bonds is 2. The van der Waals surface area contributed by atoms with Gasteiger partial charge in [0.1, 0.15) is 45.4 Å². The second-order valence-electron chi connectivity index (χ2n) is 12.3. The molecule has 0 spiro atoms. The zero-order valence-corrected chi connectivity index (χ0v) is 24.5. The van der Waals surface area contributed by atoms with E-state index in [4.69, 9.17) is 18.0 Å². The third kappa shape index (κ3) is 3.18. The molecule has 0 saturated heterocycles. The zero-order chi connectivity index (χ0) is 29.9. The van der Waals surface area contributed by atoms with Gasteiger partial charge in [0.15, 0.2) is 0 Å². The van der Waals surface area contributed by atoms with Crippen molar-refractivity contribution in [2.24, 2.45) is 0 Å². The maximum atomic E-state index is 6.67. The average Bonchev–Trinajstić information content (AvgIpc) is 3.86. The molecule has 1 aliphatic carbocycles. The average molecular weight is 593 g/mol. The molecule has 4 heterocycles. The summed E-state index contributed by atoms with van der Waals surface area (Å²) in [7, 11) is 0. The summed E-state index contributed by atoms with van der Waals surface area (Å²) in [5.74, 6) is 1.06. The first-order valence-corrected chi connectivity index (χ1v) is 15.7. The molecule has 2 atom stereocenters. The Morgan fingerprint density at radius 2 is 0.913 bits per heavy atom. The van der Waals surface area contributed by atoms with Crippen LogP contribution in [0.4, 0.5) is 0 Å². The van der Waals surface area contributed by atoms with Crippen molar-refractivity contribution in [3.05, 3.63) is 139 Å². The predicted molar refractivity (Wildman–Crippen MR) is 185 cm³/mol. The Balaban J connectivity index is 1.17. The highest BCUT2D eigenvalue weighted by molar-refractivity contribution is 6.22. The van der Waals surface area contributed by atoms with Crippen LogP contribution >= 0.6 is 0 Å². The summed E-state index contributed by atoms with van der Waals surface area (Å²) in [5, 5.41) is 6.57. The molecule has 2 aliphatic rings. The monoisotopic (exact) mass is 592 g/mol. The number of fused-ring (bicyclic) bond motifs is 12. The fraction of sp³-hybridized carbons (Fsp3) is 0.0476. The van der Waals surface area contributed by atoms with Crippen molar-refractivity contribution in [3.8, 4) is 28.0 Å². The van der Waals surface area contributed by atoms with Gasteiger partial charge < -0.3 is 18.0 Å². The van der Waals surface area contributed by atoms with Crippen molar-refractivity contribution in [1.82, 2.24) is 0 Å². The minimum absolute atomic E-state index is 0.0251. The van der Waals surface area contributed by atoms with Gasteiger partial charge in [-0.1, -0.05) is 97.1 Å². The van der Waals surface area contributed by atoms with Gasteiger partial charge in [0.05, 0.1) is 11.1 Å². The van der Waals surface area contributed by atoms with E-state index in [-0.39, 0.29) is 12.0 Å². The minimum Gasteiger partial charge on any atom is -0.484 e. The van der Waals surface area contributed by atoms with Gasteiger partial charge in [0, 0.05) is 43.8 Å². The van der Waals surface area contributed by atoms with E-state index in [2.05, 4.69) is 97.1 Å². The predicted octanol–water partition coefficient (Wildman–Crippen LogP) is 11.7. The van der Waals surface area contributed by atoms with Crippen LogP contribution in [-0.2, 0) is 0 Å². The standard InChI is InChI=1S/C42H24O4/c1-5-13-33-25(9-1)29-21-30-26-10-2-6-14-34(26)44-40(30)37(39(29)43-33)23-17-19-24(20-18-23)38-41-31(27-11-3-7-15-35(27)45-41)22-32-28-12-4-8-16-36(28)46-42(32)38/h1-22,25,33H. The first-order chi connectivity index (χ1) is 22.8. The Morgan fingerprint density at radius 3 is 1.50 bits per heavy atom. The highest BCUT2D eigenvalue weighted by atomic mass is 16.5. The van der Waals surface area contributed by atoms with Crippen molar-refractivity contribution in [1.29, 1.82) is 0 Å². The van der Waals surface area contributed by atoms with E-state index in [0.717, 1.165) is 93.8 Å². The van der Waals surface area contributed by atoms with E-state index in [0.29, 0.717) is 0 Å². The number of furan rings is 3. The van der Waals surface area contributed by atoms with Crippen LogP contribution in [0.5, 0.6) is 5.75 Å². The van der Waals surface area contributed by atoms with Gasteiger partial charge in [0.25, 0.3) is 0 Å². The van der Waals surface area contributed by atoms with Crippen LogP contribution in [0.2, 0.25) is 0 Å². The summed E-state index contributed by atoms with van der Waals surface area (Å²) in [5.41, 5.74) is 10.3.